The number of aryl methyl sites for hydroxylation is 1. The van der Waals surface area contributed by atoms with Gasteiger partial charge in [-0.3, -0.25) is 14.5 Å². The van der Waals surface area contributed by atoms with Gasteiger partial charge in [-0.15, -0.1) is 0 Å². The first kappa shape index (κ1) is 20.6. The number of carbonyl (C=O) groups excluding carboxylic acids is 1. The fraction of sp³-hybridized carbons (Fsp3) is 0.115. The number of hydrogen-bond acceptors (Lipinski definition) is 3. The first-order chi connectivity index (χ1) is 16.2. The van der Waals surface area contributed by atoms with Crippen LogP contribution in [0.15, 0.2) is 85.3 Å². The molecule has 0 aliphatic rings. The molecule has 3 aromatic heterocycles. The minimum atomic E-state index is -0.279. The van der Waals surface area contributed by atoms with Crippen molar-refractivity contribution in [2.24, 2.45) is 0 Å². The average molecular weight is 439 g/mol. The highest BCUT2D eigenvalue weighted by Gasteiger charge is 2.15. The van der Waals surface area contributed by atoms with Crippen LogP contribution in [0.2, 0.25) is 0 Å². The van der Waals surface area contributed by atoms with Gasteiger partial charge in [0.2, 0.25) is 5.91 Å². The van der Waals surface area contributed by atoms with Crippen LogP contribution in [0.3, 0.4) is 0 Å². The quantitative estimate of drug-likeness (QED) is 0.367. The van der Waals surface area contributed by atoms with Gasteiger partial charge in [0.15, 0.2) is 5.82 Å². The third-order valence-corrected chi connectivity index (χ3v) is 5.55. The lowest BCUT2D eigenvalue weighted by molar-refractivity contribution is -0.116. The summed E-state index contributed by atoms with van der Waals surface area (Å²) in [6.45, 7) is 0.606. The number of para-hydroxylation sites is 1. The van der Waals surface area contributed by atoms with Gasteiger partial charge in [-0.25, -0.2) is 4.39 Å². The molecule has 2 aromatic carbocycles. The highest BCUT2D eigenvalue weighted by molar-refractivity contribution is 5.93. The molecular weight excluding hydrogens is 417 g/mol. The number of amides is 1. The molecule has 5 rings (SSSR count). The van der Waals surface area contributed by atoms with Crippen LogP contribution in [0, 0.1) is 5.82 Å². The Morgan fingerprint density at radius 1 is 1.00 bits per heavy atom. The zero-order valence-corrected chi connectivity index (χ0v) is 17.8. The lowest BCUT2D eigenvalue weighted by Gasteiger charge is -2.06. The summed E-state index contributed by atoms with van der Waals surface area (Å²) in [7, 11) is 0. The van der Waals surface area contributed by atoms with Crippen molar-refractivity contribution in [1.82, 2.24) is 19.7 Å². The van der Waals surface area contributed by atoms with E-state index in [0.717, 1.165) is 33.3 Å². The molecule has 0 aliphatic heterocycles. The van der Waals surface area contributed by atoms with E-state index in [-0.39, 0.29) is 11.7 Å². The Balaban J connectivity index is 1.29. The van der Waals surface area contributed by atoms with Gasteiger partial charge in [-0.05, 0) is 65.6 Å². The van der Waals surface area contributed by atoms with E-state index in [4.69, 9.17) is 0 Å². The summed E-state index contributed by atoms with van der Waals surface area (Å²) in [4.78, 5) is 20.1. The predicted octanol–water partition coefficient (Wildman–Crippen LogP) is 5.19. The molecule has 1 amide bonds. The number of anilines is 1. The molecule has 0 saturated heterocycles. The predicted molar refractivity (Wildman–Crippen MR) is 126 cm³/mol. The highest BCUT2D eigenvalue weighted by atomic mass is 19.1. The van der Waals surface area contributed by atoms with Crippen LogP contribution in [-0.4, -0.2) is 25.7 Å². The molecule has 6 nitrogen and oxygen atoms in total. The minimum Gasteiger partial charge on any atom is -0.354 e. The SMILES string of the molecule is O=C(CCc1c(-c2ccc(F)cc2)[nH]c2ccccc12)Nc1ccn(Cc2ccncc2)n1. The molecule has 0 atom stereocenters. The van der Waals surface area contributed by atoms with E-state index >= 15 is 0 Å². The number of H-pyrrole nitrogens is 1. The van der Waals surface area contributed by atoms with Crippen molar-refractivity contribution >= 4 is 22.6 Å². The van der Waals surface area contributed by atoms with Gasteiger partial charge in [0.05, 0.1) is 6.54 Å². The van der Waals surface area contributed by atoms with Crippen molar-refractivity contribution in [3.8, 4) is 11.3 Å². The zero-order chi connectivity index (χ0) is 22.6. The summed E-state index contributed by atoms with van der Waals surface area (Å²) < 4.78 is 15.2. The van der Waals surface area contributed by atoms with Crippen molar-refractivity contribution in [3.63, 3.8) is 0 Å². The van der Waals surface area contributed by atoms with Gasteiger partial charge >= 0.3 is 0 Å². The molecule has 2 N–H and O–H groups in total. The van der Waals surface area contributed by atoms with Gasteiger partial charge in [0.1, 0.15) is 5.82 Å². The average Bonchev–Trinajstić information content (AvgIpc) is 3.43. The molecule has 0 bridgehead atoms. The van der Waals surface area contributed by atoms with Crippen LogP contribution < -0.4 is 5.32 Å². The van der Waals surface area contributed by atoms with Crippen LogP contribution in [0.5, 0.6) is 0 Å². The van der Waals surface area contributed by atoms with Gasteiger partial charge < -0.3 is 10.3 Å². The molecule has 33 heavy (non-hydrogen) atoms. The summed E-state index contributed by atoms with van der Waals surface area (Å²) in [5.74, 6) is 0.130. The summed E-state index contributed by atoms with van der Waals surface area (Å²) in [6, 6.07) is 20.0. The fourth-order valence-electron chi connectivity index (χ4n) is 3.96. The molecule has 0 saturated carbocycles. The number of carbonyl (C=O) groups is 1. The molecule has 0 aliphatic carbocycles. The Bertz CT molecular complexity index is 1390. The smallest absolute Gasteiger partial charge is 0.225 e. The number of hydrogen-bond donors (Lipinski definition) is 2. The Kier molecular flexibility index (Phi) is 5.68. The third kappa shape index (κ3) is 4.67. The number of fused-ring (bicyclic) bond motifs is 1. The van der Waals surface area contributed by atoms with E-state index in [1.54, 1.807) is 35.3 Å². The Labute approximate surface area is 190 Å². The van der Waals surface area contributed by atoms with Crippen LogP contribution >= 0.6 is 0 Å². The Morgan fingerprint density at radius 2 is 1.79 bits per heavy atom. The van der Waals surface area contributed by atoms with E-state index in [9.17, 15) is 9.18 Å². The molecule has 3 heterocycles. The lowest BCUT2D eigenvalue weighted by atomic mass is 10.0. The van der Waals surface area contributed by atoms with E-state index in [2.05, 4.69) is 20.4 Å². The van der Waals surface area contributed by atoms with Crippen LogP contribution in [-0.2, 0) is 17.8 Å². The third-order valence-electron chi connectivity index (χ3n) is 5.55. The lowest BCUT2D eigenvalue weighted by Crippen LogP contribution is -2.13. The first-order valence-electron chi connectivity index (χ1n) is 10.7. The monoisotopic (exact) mass is 439 g/mol. The van der Waals surface area contributed by atoms with Crippen molar-refractivity contribution in [2.75, 3.05) is 5.32 Å². The number of pyridine rings is 1. The molecule has 0 radical (unpaired) electrons. The first-order valence-corrected chi connectivity index (χ1v) is 10.7. The molecule has 7 heteroatoms. The Morgan fingerprint density at radius 3 is 2.61 bits per heavy atom. The minimum absolute atomic E-state index is 0.112. The Hall–Kier alpha value is -4.26. The maximum atomic E-state index is 13.4. The molecule has 0 fully saturated rings. The largest absolute Gasteiger partial charge is 0.354 e. The van der Waals surface area contributed by atoms with Crippen molar-refractivity contribution in [1.29, 1.82) is 0 Å². The zero-order valence-electron chi connectivity index (χ0n) is 17.8. The van der Waals surface area contributed by atoms with Crippen LogP contribution in [0.4, 0.5) is 10.2 Å². The molecule has 5 aromatic rings. The number of nitrogens with one attached hydrogen (secondary N) is 2. The molecular formula is C26H22FN5O. The standard InChI is InChI=1S/C26H22FN5O/c27-20-7-5-19(6-8-20)26-22(21-3-1-2-4-23(21)29-26)9-10-25(33)30-24-13-16-32(31-24)17-18-11-14-28-15-12-18/h1-8,11-16,29H,9-10,17H2,(H,30,31,33). The molecule has 0 unspecified atom stereocenters. The van der Waals surface area contributed by atoms with Crippen molar-refractivity contribution < 1.29 is 9.18 Å². The second-order valence-corrected chi connectivity index (χ2v) is 7.83. The normalized spacial score (nSPS) is 11.1. The maximum absolute atomic E-state index is 13.4. The van der Waals surface area contributed by atoms with Gasteiger partial charge in [-0.1, -0.05) is 18.2 Å². The summed E-state index contributed by atoms with van der Waals surface area (Å²) >= 11 is 0. The number of nitrogens with zero attached hydrogens (tertiary/aromatic N) is 3. The second kappa shape index (κ2) is 9.08. The number of halogens is 1. The number of aromatic nitrogens is 4. The number of rotatable bonds is 7. The fourth-order valence-corrected chi connectivity index (χ4v) is 3.96. The molecule has 0 spiro atoms. The van der Waals surface area contributed by atoms with E-state index in [1.165, 1.54) is 12.1 Å². The van der Waals surface area contributed by atoms with Crippen molar-refractivity contribution in [3.05, 3.63) is 102 Å². The van der Waals surface area contributed by atoms with Crippen LogP contribution in [0.1, 0.15) is 17.5 Å². The molecule has 164 valence electrons. The highest BCUT2D eigenvalue weighted by Crippen LogP contribution is 2.31. The second-order valence-electron chi connectivity index (χ2n) is 7.83. The van der Waals surface area contributed by atoms with E-state index in [0.29, 0.717) is 25.2 Å². The van der Waals surface area contributed by atoms with E-state index in [1.807, 2.05) is 42.6 Å². The topological polar surface area (TPSA) is 75.6 Å². The van der Waals surface area contributed by atoms with Gasteiger partial charge in [-0.2, -0.15) is 5.10 Å². The number of aromatic amines is 1. The summed E-state index contributed by atoms with van der Waals surface area (Å²) in [6.07, 6.45) is 6.16. The van der Waals surface area contributed by atoms with Crippen molar-refractivity contribution in [2.45, 2.75) is 19.4 Å². The van der Waals surface area contributed by atoms with Crippen LogP contribution in [0.25, 0.3) is 22.2 Å². The summed E-state index contributed by atoms with van der Waals surface area (Å²) in [5, 5.41) is 8.38. The van der Waals surface area contributed by atoms with Gasteiger partial charge in [0.25, 0.3) is 0 Å². The van der Waals surface area contributed by atoms with Gasteiger partial charge in [0, 0.05) is 47.7 Å². The maximum Gasteiger partial charge on any atom is 0.225 e. The summed E-state index contributed by atoms with van der Waals surface area (Å²) in [5.41, 5.74) is 4.90. The number of benzene rings is 2. The van der Waals surface area contributed by atoms with E-state index < -0.39 is 0 Å².